The Morgan fingerprint density at radius 2 is 2.17 bits per heavy atom. The zero-order valence-electron chi connectivity index (χ0n) is 13.8. The number of hydrogen-bond acceptors (Lipinski definition) is 4. The third kappa shape index (κ3) is 3.52. The van der Waals surface area contributed by atoms with Crippen LogP contribution in [0.5, 0.6) is 5.88 Å². The van der Waals surface area contributed by atoms with Crippen molar-refractivity contribution in [1.29, 1.82) is 0 Å². The van der Waals surface area contributed by atoms with Crippen LogP contribution in [0.2, 0.25) is 0 Å². The Morgan fingerprint density at radius 1 is 1.35 bits per heavy atom. The Morgan fingerprint density at radius 3 is 2.78 bits per heavy atom. The summed E-state index contributed by atoms with van der Waals surface area (Å²) in [6, 6.07) is 4.04. The summed E-state index contributed by atoms with van der Waals surface area (Å²) in [6.45, 7) is 5.48. The minimum atomic E-state index is 0.0644. The number of nitrogens with zero attached hydrogens (tertiary/aromatic N) is 4. The first-order chi connectivity index (χ1) is 11.0. The average molecular weight is 314 g/mol. The Bertz CT molecular complexity index is 696. The van der Waals surface area contributed by atoms with Gasteiger partial charge in [0, 0.05) is 49.6 Å². The second kappa shape index (κ2) is 6.40. The lowest BCUT2D eigenvalue weighted by atomic mass is 10.0. The van der Waals surface area contributed by atoms with Gasteiger partial charge in [0.05, 0.1) is 12.3 Å². The highest BCUT2D eigenvalue weighted by molar-refractivity contribution is 5.63. The van der Waals surface area contributed by atoms with E-state index in [4.69, 9.17) is 4.74 Å². The highest BCUT2D eigenvalue weighted by Gasteiger charge is 2.25. The first-order valence-corrected chi connectivity index (χ1v) is 7.92. The van der Waals surface area contributed by atoms with Gasteiger partial charge in [0.15, 0.2) is 0 Å². The lowest BCUT2D eigenvalue weighted by Gasteiger charge is -2.15. The second-order valence-corrected chi connectivity index (χ2v) is 6.27. The summed E-state index contributed by atoms with van der Waals surface area (Å²) in [4.78, 5) is 17.4. The van der Waals surface area contributed by atoms with E-state index in [9.17, 15) is 4.79 Å². The summed E-state index contributed by atoms with van der Waals surface area (Å²) in [5.74, 6) is 0.882. The van der Waals surface area contributed by atoms with Crippen molar-refractivity contribution in [2.45, 2.75) is 32.3 Å². The van der Waals surface area contributed by atoms with Crippen LogP contribution in [-0.2, 0) is 11.8 Å². The molecule has 0 aliphatic carbocycles. The zero-order chi connectivity index (χ0) is 16.4. The average Bonchev–Trinajstić information content (AvgIpc) is 3.15. The van der Waals surface area contributed by atoms with Gasteiger partial charge >= 0.3 is 0 Å². The molecular formula is C17H22N4O2. The molecule has 122 valence electrons. The first kappa shape index (κ1) is 15.5. The Balaban J connectivity index is 1.96. The Kier molecular flexibility index (Phi) is 4.32. The van der Waals surface area contributed by atoms with Gasteiger partial charge in [-0.15, -0.1) is 0 Å². The number of carbonyl (C=O) groups excluding carboxylic acids is 1. The van der Waals surface area contributed by atoms with E-state index in [1.807, 2.05) is 39.4 Å². The van der Waals surface area contributed by atoms with Crippen molar-refractivity contribution >= 4 is 6.41 Å². The summed E-state index contributed by atoms with van der Waals surface area (Å²) >= 11 is 0. The maximum Gasteiger partial charge on any atom is 0.214 e. The number of carbonyl (C=O) groups is 1. The molecule has 1 saturated heterocycles. The molecule has 0 spiro atoms. The first-order valence-electron chi connectivity index (χ1n) is 7.92. The monoisotopic (exact) mass is 314 g/mol. The third-order valence-corrected chi connectivity index (χ3v) is 4.00. The molecule has 0 radical (unpaired) electrons. The number of amides is 1. The molecule has 2 aromatic rings. The number of hydrogen-bond donors (Lipinski definition) is 0. The van der Waals surface area contributed by atoms with Gasteiger partial charge in [-0.25, -0.2) is 4.98 Å². The summed E-state index contributed by atoms with van der Waals surface area (Å²) in [7, 11) is 1.90. The molecule has 6 nitrogen and oxygen atoms in total. The zero-order valence-corrected chi connectivity index (χ0v) is 13.8. The van der Waals surface area contributed by atoms with Crippen LogP contribution in [0.15, 0.2) is 24.5 Å². The third-order valence-electron chi connectivity index (χ3n) is 4.00. The van der Waals surface area contributed by atoms with Gasteiger partial charge in [0.25, 0.3) is 0 Å². The van der Waals surface area contributed by atoms with Crippen molar-refractivity contribution in [1.82, 2.24) is 19.7 Å². The Labute approximate surface area is 136 Å². The van der Waals surface area contributed by atoms with Gasteiger partial charge in [0.2, 0.25) is 12.3 Å². The maximum atomic E-state index is 11.0. The lowest BCUT2D eigenvalue weighted by molar-refractivity contribution is -0.117. The summed E-state index contributed by atoms with van der Waals surface area (Å²) < 4.78 is 7.59. The van der Waals surface area contributed by atoms with Gasteiger partial charge in [0.1, 0.15) is 0 Å². The van der Waals surface area contributed by atoms with Crippen molar-refractivity contribution in [3.63, 3.8) is 0 Å². The largest absolute Gasteiger partial charge is 0.475 e. The Hall–Kier alpha value is -2.37. The van der Waals surface area contributed by atoms with Crippen LogP contribution in [0, 0.1) is 0 Å². The van der Waals surface area contributed by atoms with Crippen LogP contribution in [0.1, 0.15) is 31.9 Å². The molecular weight excluding hydrogens is 292 g/mol. The van der Waals surface area contributed by atoms with Crippen LogP contribution in [0.4, 0.5) is 0 Å². The summed E-state index contributed by atoms with van der Waals surface area (Å²) in [5.41, 5.74) is 3.06. The lowest BCUT2D eigenvalue weighted by Crippen LogP contribution is -2.18. The molecule has 1 amide bonds. The van der Waals surface area contributed by atoms with E-state index in [0.29, 0.717) is 12.4 Å². The standard InChI is InChI=1S/C17H22N4O2/c1-12(2)23-17-7-14(15-8-18-20(3)9-15)6-16(19-17)13-4-5-21(10-13)11-22/h6-9,11-13H,4-5,10H2,1-3H3. The van der Waals surface area contributed by atoms with Crippen molar-refractivity contribution in [2.24, 2.45) is 7.05 Å². The predicted molar refractivity (Wildman–Crippen MR) is 87.2 cm³/mol. The molecule has 1 aliphatic rings. The minimum absolute atomic E-state index is 0.0644. The van der Waals surface area contributed by atoms with Crippen LogP contribution in [0.3, 0.4) is 0 Å². The fourth-order valence-corrected chi connectivity index (χ4v) is 2.90. The summed E-state index contributed by atoms with van der Waals surface area (Å²) in [6.07, 6.45) is 5.73. The van der Waals surface area contributed by atoms with Gasteiger partial charge in [-0.05, 0) is 31.9 Å². The molecule has 1 atom stereocenters. The number of pyridine rings is 1. The van der Waals surface area contributed by atoms with E-state index < -0.39 is 0 Å². The molecule has 6 heteroatoms. The van der Waals surface area contributed by atoms with Crippen LogP contribution >= 0.6 is 0 Å². The van der Waals surface area contributed by atoms with E-state index >= 15 is 0 Å². The van der Waals surface area contributed by atoms with Crippen molar-refractivity contribution in [3.05, 3.63) is 30.2 Å². The van der Waals surface area contributed by atoms with E-state index in [-0.39, 0.29) is 12.0 Å². The fourth-order valence-electron chi connectivity index (χ4n) is 2.90. The van der Waals surface area contributed by atoms with E-state index in [1.165, 1.54) is 0 Å². The second-order valence-electron chi connectivity index (χ2n) is 6.27. The quantitative estimate of drug-likeness (QED) is 0.794. The highest BCUT2D eigenvalue weighted by Crippen LogP contribution is 2.31. The molecule has 1 unspecified atom stereocenters. The SMILES string of the molecule is CC(C)Oc1cc(-c2cnn(C)c2)cc(C2CCN(C=O)C2)n1. The minimum Gasteiger partial charge on any atom is -0.475 e. The van der Waals surface area contributed by atoms with Crippen LogP contribution in [0.25, 0.3) is 11.1 Å². The molecule has 3 heterocycles. The molecule has 23 heavy (non-hydrogen) atoms. The van der Waals surface area contributed by atoms with Gasteiger partial charge in [-0.2, -0.15) is 5.10 Å². The molecule has 0 bridgehead atoms. The van der Waals surface area contributed by atoms with Crippen molar-refractivity contribution in [3.8, 4) is 17.0 Å². The predicted octanol–water partition coefficient (Wildman–Crippen LogP) is 2.21. The number of rotatable bonds is 5. The number of aromatic nitrogens is 3. The molecule has 3 rings (SSSR count). The van der Waals surface area contributed by atoms with Crippen molar-refractivity contribution in [2.75, 3.05) is 13.1 Å². The van der Waals surface area contributed by atoms with Crippen LogP contribution < -0.4 is 4.74 Å². The van der Waals surface area contributed by atoms with Gasteiger partial charge in [-0.1, -0.05) is 0 Å². The van der Waals surface area contributed by atoms with Crippen molar-refractivity contribution < 1.29 is 9.53 Å². The highest BCUT2D eigenvalue weighted by atomic mass is 16.5. The van der Waals surface area contributed by atoms with Gasteiger partial charge in [-0.3, -0.25) is 9.48 Å². The molecule has 0 N–H and O–H groups in total. The molecule has 2 aromatic heterocycles. The van der Waals surface area contributed by atoms with E-state index in [2.05, 4.69) is 16.1 Å². The fraction of sp³-hybridized carbons (Fsp3) is 0.471. The maximum absolute atomic E-state index is 11.0. The number of likely N-dealkylation sites (tertiary alicyclic amines) is 1. The van der Waals surface area contributed by atoms with E-state index in [0.717, 1.165) is 36.2 Å². The molecule has 1 aliphatic heterocycles. The molecule has 0 aromatic carbocycles. The van der Waals surface area contributed by atoms with Crippen LogP contribution in [-0.4, -0.2) is 45.3 Å². The molecule has 1 fully saturated rings. The number of aryl methyl sites for hydroxylation is 1. The van der Waals surface area contributed by atoms with Gasteiger partial charge < -0.3 is 9.64 Å². The summed E-state index contributed by atoms with van der Waals surface area (Å²) in [5, 5.41) is 4.24. The smallest absolute Gasteiger partial charge is 0.214 e. The topological polar surface area (TPSA) is 60.2 Å². The molecule has 0 saturated carbocycles. The van der Waals surface area contributed by atoms with E-state index in [1.54, 1.807) is 9.58 Å². The normalized spacial score (nSPS) is 17.7. The number of ether oxygens (including phenoxy) is 1.